The number of fused-ring (bicyclic) bond motifs is 1. The molecular formula is C12H14N2O3. The molecule has 90 valence electrons. The van der Waals surface area contributed by atoms with Gasteiger partial charge in [-0.05, 0) is 25.0 Å². The van der Waals surface area contributed by atoms with Crippen molar-refractivity contribution in [2.45, 2.75) is 25.2 Å². The van der Waals surface area contributed by atoms with E-state index >= 15 is 0 Å². The molecule has 3 rings (SSSR count). The van der Waals surface area contributed by atoms with Crippen molar-refractivity contribution < 1.29 is 9.84 Å². The third-order valence-electron chi connectivity index (χ3n) is 3.20. The lowest BCUT2D eigenvalue weighted by atomic mass is 10.2. The van der Waals surface area contributed by atoms with Gasteiger partial charge in [0.15, 0.2) is 0 Å². The van der Waals surface area contributed by atoms with Gasteiger partial charge in [-0.1, -0.05) is 0 Å². The number of aromatic amines is 1. The number of hydrogen-bond donors (Lipinski definition) is 2. The van der Waals surface area contributed by atoms with Crippen LogP contribution in [0.4, 0.5) is 0 Å². The van der Waals surface area contributed by atoms with E-state index in [1.54, 1.807) is 6.07 Å². The van der Waals surface area contributed by atoms with E-state index in [0.29, 0.717) is 0 Å². The molecule has 2 atom stereocenters. The summed E-state index contributed by atoms with van der Waals surface area (Å²) in [7, 11) is 0. The van der Waals surface area contributed by atoms with Crippen molar-refractivity contribution in [1.82, 2.24) is 9.55 Å². The zero-order valence-corrected chi connectivity index (χ0v) is 9.30. The first-order valence-corrected chi connectivity index (χ1v) is 5.74. The highest BCUT2D eigenvalue weighted by Crippen LogP contribution is 2.30. The first kappa shape index (κ1) is 10.6. The molecule has 0 saturated carbocycles. The van der Waals surface area contributed by atoms with Crippen LogP contribution in [0.25, 0.3) is 11.0 Å². The maximum absolute atomic E-state index is 11.3. The lowest BCUT2D eigenvalue weighted by molar-refractivity contribution is -0.0204. The Hall–Kier alpha value is -1.59. The first-order valence-electron chi connectivity index (χ1n) is 5.74. The summed E-state index contributed by atoms with van der Waals surface area (Å²) in [6, 6.07) is 5.25. The van der Waals surface area contributed by atoms with E-state index < -0.39 is 0 Å². The highest BCUT2D eigenvalue weighted by Gasteiger charge is 2.26. The molecule has 0 unspecified atom stereocenters. The minimum atomic E-state index is -0.117. The fourth-order valence-electron chi connectivity index (χ4n) is 2.32. The van der Waals surface area contributed by atoms with Gasteiger partial charge in [0.25, 0.3) is 0 Å². The molecule has 5 heteroatoms. The van der Waals surface area contributed by atoms with E-state index in [2.05, 4.69) is 4.98 Å². The minimum absolute atomic E-state index is 0.0478. The van der Waals surface area contributed by atoms with Crippen LogP contribution in [0.1, 0.15) is 19.1 Å². The van der Waals surface area contributed by atoms with Crippen LogP contribution in [0.15, 0.2) is 29.2 Å². The van der Waals surface area contributed by atoms with Crippen LogP contribution in [0.2, 0.25) is 0 Å². The second-order valence-corrected chi connectivity index (χ2v) is 4.32. The van der Waals surface area contributed by atoms with Crippen LogP contribution < -0.4 is 5.56 Å². The first-order chi connectivity index (χ1) is 8.28. The van der Waals surface area contributed by atoms with Crippen LogP contribution in [0.3, 0.4) is 0 Å². The third-order valence-corrected chi connectivity index (χ3v) is 3.20. The average Bonchev–Trinajstić information content (AvgIpc) is 2.93. The Kier molecular flexibility index (Phi) is 2.49. The van der Waals surface area contributed by atoms with Crippen molar-refractivity contribution >= 4 is 11.0 Å². The molecule has 2 aromatic rings. The number of nitrogens with zero attached hydrogens (tertiary/aromatic N) is 1. The normalized spacial score (nSPS) is 24.5. The minimum Gasteiger partial charge on any atom is -0.394 e. The lowest BCUT2D eigenvalue weighted by Gasteiger charge is -2.14. The number of aliphatic hydroxyl groups excluding tert-OH is 1. The number of nitrogens with one attached hydrogen (secondary N) is 1. The van der Waals surface area contributed by atoms with E-state index in [1.807, 2.05) is 16.8 Å². The van der Waals surface area contributed by atoms with Crippen LogP contribution >= 0.6 is 0 Å². The summed E-state index contributed by atoms with van der Waals surface area (Å²) in [5, 5.41) is 10.0. The highest BCUT2D eigenvalue weighted by molar-refractivity contribution is 5.75. The standard InChI is InChI=1S/C12H14N2O3/c15-7-9-2-4-11(17-9)14-6-5-8-1-3-10(16)13-12(8)14/h1,3,5-6,9,11,15H,2,4,7H2,(H,13,16)/t9-,11+/m0/s1. The van der Waals surface area contributed by atoms with Gasteiger partial charge in [0.2, 0.25) is 5.56 Å². The third kappa shape index (κ3) is 1.77. The molecule has 17 heavy (non-hydrogen) atoms. The fourth-order valence-corrected chi connectivity index (χ4v) is 2.32. The van der Waals surface area contributed by atoms with Crippen molar-refractivity contribution in [3.8, 4) is 0 Å². The molecule has 1 aliphatic heterocycles. The summed E-state index contributed by atoms with van der Waals surface area (Å²) in [4.78, 5) is 14.1. The molecule has 0 spiro atoms. The summed E-state index contributed by atoms with van der Waals surface area (Å²) < 4.78 is 7.62. The lowest BCUT2D eigenvalue weighted by Crippen LogP contribution is -2.15. The van der Waals surface area contributed by atoms with Crippen LogP contribution in [0, 0.1) is 0 Å². The summed E-state index contributed by atoms with van der Waals surface area (Å²) in [6.45, 7) is 0.0478. The molecule has 0 amide bonds. The second-order valence-electron chi connectivity index (χ2n) is 4.32. The van der Waals surface area contributed by atoms with Gasteiger partial charge in [-0.3, -0.25) is 4.79 Å². The Morgan fingerprint density at radius 3 is 3.06 bits per heavy atom. The summed E-state index contributed by atoms with van der Waals surface area (Å²) in [6.07, 6.45) is 3.42. The number of rotatable bonds is 2. The van der Waals surface area contributed by atoms with E-state index in [1.165, 1.54) is 6.07 Å². The molecule has 0 aliphatic carbocycles. The number of ether oxygens (including phenoxy) is 1. The number of aliphatic hydroxyl groups is 1. The maximum atomic E-state index is 11.3. The molecule has 3 heterocycles. The van der Waals surface area contributed by atoms with E-state index in [4.69, 9.17) is 9.84 Å². The van der Waals surface area contributed by atoms with Crippen molar-refractivity contribution in [3.05, 3.63) is 34.7 Å². The second kappa shape index (κ2) is 4.01. The van der Waals surface area contributed by atoms with Gasteiger partial charge < -0.3 is 19.4 Å². The Morgan fingerprint density at radius 1 is 1.41 bits per heavy atom. The Morgan fingerprint density at radius 2 is 2.29 bits per heavy atom. The summed E-state index contributed by atoms with van der Waals surface area (Å²) >= 11 is 0. The Balaban J connectivity index is 2.00. The predicted molar refractivity (Wildman–Crippen MR) is 62.8 cm³/mol. The predicted octanol–water partition coefficient (Wildman–Crippen LogP) is 0.999. The van der Waals surface area contributed by atoms with Crippen LogP contribution in [0.5, 0.6) is 0 Å². The van der Waals surface area contributed by atoms with E-state index in [9.17, 15) is 4.79 Å². The zero-order chi connectivity index (χ0) is 11.8. The molecule has 2 N–H and O–H groups in total. The number of pyridine rings is 1. The maximum Gasteiger partial charge on any atom is 0.249 e. The molecular weight excluding hydrogens is 220 g/mol. The average molecular weight is 234 g/mol. The number of H-pyrrole nitrogens is 1. The van der Waals surface area contributed by atoms with Gasteiger partial charge >= 0.3 is 0 Å². The smallest absolute Gasteiger partial charge is 0.249 e. The van der Waals surface area contributed by atoms with E-state index in [-0.39, 0.29) is 24.5 Å². The van der Waals surface area contributed by atoms with Gasteiger partial charge in [-0.25, -0.2) is 0 Å². The monoisotopic (exact) mass is 234 g/mol. The van der Waals surface area contributed by atoms with Crippen LogP contribution in [-0.2, 0) is 4.74 Å². The van der Waals surface area contributed by atoms with Crippen LogP contribution in [-0.4, -0.2) is 27.4 Å². The quantitative estimate of drug-likeness (QED) is 0.814. The Bertz CT molecular complexity index is 587. The van der Waals surface area contributed by atoms with Crippen molar-refractivity contribution in [2.24, 2.45) is 0 Å². The molecule has 0 bridgehead atoms. The molecule has 1 fully saturated rings. The summed E-state index contributed by atoms with van der Waals surface area (Å²) in [5.74, 6) is 0. The summed E-state index contributed by atoms with van der Waals surface area (Å²) in [5.41, 5.74) is 0.662. The fraction of sp³-hybridized carbons (Fsp3) is 0.417. The van der Waals surface area contributed by atoms with E-state index in [0.717, 1.165) is 23.9 Å². The molecule has 0 aromatic carbocycles. The Labute approximate surface area is 97.6 Å². The van der Waals surface area contributed by atoms with Gasteiger partial charge in [0.1, 0.15) is 11.9 Å². The van der Waals surface area contributed by atoms with Crippen molar-refractivity contribution in [3.63, 3.8) is 0 Å². The largest absolute Gasteiger partial charge is 0.394 e. The highest BCUT2D eigenvalue weighted by atomic mass is 16.5. The topological polar surface area (TPSA) is 67.2 Å². The molecule has 5 nitrogen and oxygen atoms in total. The van der Waals surface area contributed by atoms with Gasteiger partial charge in [0, 0.05) is 17.6 Å². The molecule has 1 saturated heterocycles. The SMILES string of the molecule is O=c1ccc2ccn([C@H]3CC[C@@H](CO)O3)c2[nH]1. The van der Waals surface area contributed by atoms with Crippen molar-refractivity contribution in [1.29, 1.82) is 0 Å². The van der Waals surface area contributed by atoms with Crippen molar-refractivity contribution in [2.75, 3.05) is 6.61 Å². The number of hydrogen-bond acceptors (Lipinski definition) is 3. The molecule has 1 aliphatic rings. The van der Waals surface area contributed by atoms with Gasteiger partial charge in [0.05, 0.1) is 12.7 Å². The van der Waals surface area contributed by atoms with Gasteiger partial charge in [-0.15, -0.1) is 0 Å². The molecule has 2 aromatic heterocycles. The molecule has 0 radical (unpaired) electrons. The number of aromatic nitrogens is 2. The van der Waals surface area contributed by atoms with Gasteiger partial charge in [-0.2, -0.15) is 0 Å². The zero-order valence-electron chi connectivity index (χ0n) is 9.30.